The van der Waals surface area contributed by atoms with E-state index in [9.17, 15) is 8.42 Å². The van der Waals surface area contributed by atoms with Crippen LogP contribution in [0.25, 0.3) is 0 Å². The first-order valence-electron chi connectivity index (χ1n) is 8.30. The quantitative estimate of drug-likeness (QED) is 0.795. The van der Waals surface area contributed by atoms with Crippen molar-refractivity contribution >= 4 is 34.0 Å². The van der Waals surface area contributed by atoms with Crippen molar-refractivity contribution in [3.63, 3.8) is 0 Å². The predicted molar refractivity (Wildman–Crippen MR) is 103 cm³/mol. The van der Waals surface area contributed by atoms with Crippen LogP contribution in [0, 0.1) is 5.92 Å². The van der Waals surface area contributed by atoms with Crippen molar-refractivity contribution in [1.29, 1.82) is 0 Å². The highest BCUT2D eigenvalue weighted by atomic mass is 35.5. The van der Waals surface area contributed by atoms with Crippen molar-refractivity contribution in [1.82, 2.24) is 9.62 Å². The monoisotopic (exact) mass is 394 g/mol. The zero-order valence-corrected chi connectivity index (χ0v) is 17.0. The topological polar surface area (TPSA) is 49.4 Å². The molecular formula is C17H28Cl2N2O2S. The minimum atomic E-state index is -3.51. The van der Waals surface area contributed by atoms with Crippen LogP contribution in [-0.4, -0.2) is 39.4 Å². The molecule has 1 aromatic carbocycles. The van der Waals surface area contributed by atoms with Crippen LogP contribution >= 0.6 is 24.0 Å². The summed E-state index contributed by atoms with van der Waals surface area (Å²) in [7, 11) is -1.56. The summed E-state index contributed by atoms with van der Waals surface area (Å²) in [5.74, 6) is 0.875. The molecule has 1 aliphatic rings. The minimum absolute atomic E-state index is 0. The lowest BCUT2D eigenvalue weighted by Crippen LogP contribution is -2.39. The van der Waals surface area contributed by atoms with Gasteiger partial charge in [-0.15, -0.1) is 12.4 Å². The number of nitrogens with one attached hydrogen (secondary N) is 1. The third-order valence-electron chi connectivity index (χ3n) is 4.62. The van der Waals surface area contributed by atoms with Crippen molar-refractivity contribution in [3.8, 4) is 0 Å². The van der Waals surface area contributed by atoms with Gasteiger partial charge in [0.2, 0.25) is 10.0 Å². The number of rotatable bonds is 6. The van der Waals surface area contributed by atoms with Crippen LogP contribution < -0.4 is 5.32 Å². The van der Waals surface area contributed by atoms with Gasteiger partial charge in [-0.2, -0.15) is 4.31 Å². The highest BCUT2D eigenvalue weighted by molar-refractivity contribution is 7.89. The molecule has 0 amide bonds. The number of hydrogen-bond acceptors (Lipinski definition) is 3. The summed E-state index contributed by atoms with van der Waals surface area (Å²) in [5.41, 5.74) is 0.997. The fourth-order valence-electron chi connectivity index (χ4n) is 3.00. The molecule has 0 spiro atoms. The van der Waals surface area contributed by atoms with Crippen LogP contribution in [0.4, 0.5) is 0 Å². The molecule has 0 radical (unpaired) electrons. The van der Waals surface area contributed by atoms with E-state index >= 15 is 0 Å². The summed E-state index contributed by atoms with van der Waals surface area (Å²) in [6, 6.07) is 5.33. The van der Waals surface area contributed by atoms with Gasteiger partial charge in [-0.05, 0) is 62.4 Å². The van der Waals surface area contributed by atoms with Crippen LogP contribution in [0.3, 0.4) is 0 Å². The Morgan fingerprint density at radius 1 is 1.29 bits per heavy atom. The second kappa shape index (κ2) is 9.39. The Hall–Kier alpha value is -0.330. The molecule has 1 aromatic rings. The van der Waals surface area contributed by atoms with Gasteiger partial charge < -0.3 is 5.32 Å². The van der Waals surface area contributed by atoms with Crippen molar-refractivity contribution < 1.29 is 8.42 Å². The van der Waals surface area contributed by atoms with Crippen molar-refractivity contribution in [3.05, 3.63) is 28.8 Å². The molecule has 0 unspecified atom stereocenters. The molecular weight excluding hydrogens is 367 g/mol. The summed E-state index contributed by atoms with van der Waals surface area (Å²) in [6.07, 6.45) is 2.94. The normalized spacial score (nSPS) is 17.0. The number of piperidine rings is 1. The molecule has 1 fully saturated rings. The van der Waals surface area contributed by atoms with Gasteiger partial charge in [0.15, 0.2) is 0 Å². The van der Waals surface area contributed by atoms with E-state index in [0.29, 0.717) is 24.0 Å². The van der Waals surface area contributed by atoms with E-state index in [2.05, 4.69) is 5.32 Å². The number of sulfonamides is 1. The highest BCUT2D eigenvalue weighted by Gasteiger charge is 2.31. The van der Waals surface area contributed by atoms with E-state index in [1.54, 1.807) is 16.4 Å². The van der Waals surface area contributed by atoms with Crippen molar-refractivity contribution in [2.24, 2.45) is 5.92 Å². The Kier molecular flexibility index (Phi) is 8.50. The lowest BCUT2D eigenvalue weighted by Gasteiger charge is -2.31. The maximum absolute atomic E-state index is 12.9. The summed E-state index contributed by atoms with van der Waals surface area (Å²) in [5, 5.41) is 3.47. The first kappa shape index (κ1) is 21.7. The van der Waals surface area contributed by atoms with E-state index in [1.165, 1.54) is 0 Å². The maximum atomic E-state index is 12.9. The van der Waals surface area contributed by atoms with Gasteiger partial charge in [0.05, 0.1) is 5.02 Å². The molecule has 0 aliphatic carbocycles. The van der Waals surface area contributed by atoms with Gasteiger partial charge in [0, 0.05) is 13.1 Å². The lowest BCUT2D eigenvalue weighted by atomic mass is 9.95. The Morgan fingerprint density at radius 2 is 1.92 bits per heavy atom. The van der Waals surface area contributed by atoms with E-state index in [-0.39, 0.29) is 23.2 Å². The molecule has 0 aromatic heterocycles. The Bertz CT molecular complexity index is 627. The van der Waals surface area contributed by atoms with Gasteiger partial charge in [0.25, 0.3) is 0 Å². The molecule has 24 heavy (non-hydrogen) atoms. The zero-order valence-electron chi connectivity index (χ0n) is 14.6. The Balaban J connectivity index is 0.00000288. The SMILES string of the molecule is CNCCC1CCN(S(=O)(=O)c2cc(C(C)C)ccc2Cl)CC1.Cl. The summed E-state index contributed by atoms with van der Waals surface area (Å²) >= 11 is 6.19. The van der Waals surface area contributed by atoms with Crippen LogP contribution in [0.1, 0.15) is 44.6 Å². The Labute approximate surface area is 157 Å². The third kappa shape index (κ3) is 5.09. The van der Waals surface area contributed by atoms with E-state index in [1.807, 2.05) is 27.0 Å². The second-order valence-electron chi connectivity index (χ2n) is 6.58. The number of nitrogens with zero attached hydrogens (tertiary/aromatic N) is 1. The molecule has 7 heteroatoms. The molecule has 2 rings (SSSR count). The standard InChI is InChI=1S/C17H27ClN2O2S.ClH/c1-13(2)15-4-5-16(18)17(12-15)23(21,22)20-10-7-14(8-11-20)6-9-19-3;/h4-5,12-14,19H,6-11H2,1-3H3;1H. The Morgan fingerprint density at radius 3 is 2.46 bits per heavy atom. The average molecular weight is 395 g/mol. The van der Waals surface area contributed by atoms with E-state index in [4.69, 9.17) is 11.6 Å². The fraction of sp³-hybridized carbons (Fsp3) is 0.647. The van der Waals surface area contributed by atoms with Crippen LogP contribution in [0.15, 0.2) is 23.1 Å². The lowest BCUT2D eigenvalue weighted by molar-refractivity contribution is 0.263. The molecule has 4 nitrogen and oxygen atoms in total. The van der Waals surface area contributed by atoms with E-state index < -0.39 is 10.0 Å². The largest absolute Gasteiger partial charge is 0.320 e. The molecule has 138 valence electrons. The molecule has 1 heterocycles. The molecule has 0 atom stereocenters. The van der Waals surface area contributed by atoms with Crippen LogP contribution in [0.2, 0.25) is 5.02 Å². The zero-order chi connectivity index (χ0) is 17.0. The smallest absolute Gasteiger partial charge is 0.244 e. The third-order valence-corrected chi connectivity index (χ3v) is 7.00. The average Bonchev–Trinajstić information content (AvgIpc) is 2.53. The number of benzene rings is 1. The predicted octanol–water partition coefficient (Wildman–Crippen LogP) is 3.90. The molecule has 1 saturated heterocycles. The maximum Gasteiger partial charge on any atom is 0.244 e. The van der Waals surface area contributed by atoms with Gasteiger partial charge >= 0.3 is 0 Å². The van der Waals surface area contributed by atoms with Gasteiger partial charge in [-0.1, -0.05) is 31.5 Å². The molecule has 1 N–H and O–H groups in total. The first-order valence-corrected chi connectivity index (χ1v) is 10.1. The van der Waals surface area contributed by atoms with Crippen molar-refractivity contribution in [2.75, 3.05) is 26.7 Å². The van der Waals surface area contributed by atoms with Gasteiger partial charge in [-0.3, -0.25) is 0 Å². The van der Waals surface area contributed by atoms with Gasteiger partial charge in [-0.25, -0.2) is 8.42 Å². The number of hydrogen-bond donors (Lipinski definition) is 1. The molecule has 1 aliphatic heterocycles. The van der Waals surface area contributed by atoms with Crippen molar-refractivity contribution in [2.45, 2.75) is 43.9 Å². The summed E-state index contributed by atoms with van der Waals surface area (Å²) < 4.78 is 27.5. The number of halogens is 2. The second-order valence-corrected chi connectivity index (χ2v) is 8.90. The minimum Gasteiger partial charge on any atom is -0.320 e. The summed E-state index contributed by atoms with van der Waals surface area (Å²) in [4.78, 5) is 0.249. The fourth-order valence-corrected chi connectivity index (χ4v) is 4.98. The van der Waals surface area contributed by atoms with E-state index in [0.717, 1.165) is 31.4 Å². The van der Waals surface area contributed by atoms with Gasteiger partial charge in [0.1, 0.15) is 4.90 Å². The van der Waals surface area contributed by atoms with Crippen LogP contribution in [0.5, 0.6) is 0 Å². The highest BCUT2D eigenvalue weighted by Crippen LogP contribution is 2.31. The molecule has 0 saturated carbocycles. The first-order chi connectivity index (χ1) is 10.9. The molecule has 0 bridgehead atoms. The van der Waals surface area contributed by atoms with Crippen LogP contribution in [-0.2, 0) is 10.0 Å². The summed E-state index contributed by atoms with van der Waals surface area (Å²) in [6.45, 7) is 6.25.